The number of aryl methyl sites for hydroxylation is 1. The maximum atomic E-state index is 12.3. The predicted molar refractivity (Wildman–Crippen MR) is 102 cm³/mol. The Labute approximate surface area is 154 Å². The first-order valence-corrected chi connectivity index (χ1v) is 9.83. The number of rotatable bonds is 6. The van der Waals surface area contributed by atoms with Crippen molar-refractivity contribution in [1.29, 1.82) is 0 Å². The van der Waals surface area contributed by atoms with Crippen LogP contribution in [0.5, 0.6) is 5.75 Å². The van der Waals surface area contributed by atoms with E-state index in [-0.39, 0.29) is 10.8 Å². The van der Waals surface area contributed by atoms with Crippen molar-refractivity contribution < 1.29 is 17.9 Å². The highest BCUT2D eigenvalue weighted by atomic mass is 32.2. The molecule has 3 N–H and O–H groups in total. The summed E-state index contributed by atoms with van der Waals surface area (Å²) in [6, 6.07) is 11.4. The van der Waals surface area contributed by atoms with Gasteiger partial charge in [-0.1, -0.05) is 19.9 Å². The van der Waals surface area contributed by atoms with Crippen LogP contribution in [0.15, 0.2) is 47.4 Å². The largest absolute Gasteiger partial charge is 0.481 e. The Morgan fingerprint density at radius 2 is 1.69 bits per heavy atom. The molecule has 2 rings (SSSR count). The first-order chi connectivity index (χ1) is 12.1. The van der Waals surface area contributed by atoms with Gasteiger partial charge in [0.1, 0.15) is 5.75 Å². The summed E-state index contributed by atoms with van der Waals surface area (Å²) in [5.74, 6) is 0.711. The van der Waals surface area contributed by atoms with E-state index in [0.717, 1.165) is 5.56 Å². The summed E-state index contributed by atoms with van der Waals surface area (Å²) >= 11 is 0. The number of hydrogen-bond donors (Lipinski definition) is 2. The molecule has 0 saturated heterocycles. The van der Waals surface area contributed by atoms with Crippen molar-refractivity contribution in [3.05, 3.63) is 53.6 Å². The number of benzene rings is 2. The quantitative estimate of drug-likeness (QED) is 0.809. The van der Waals surface area contributed by atoms with Crippen molar-refractivity contribution >= 4 is 21.6 Å². The van der Waals surface area contributed by atoms with Crippen LogP contribution in [0.4, 0.5) is 5.69 Å². The third-order valence-corrected chi connectivity index (χ3v) is 4.92. The van der Waals surface area contributed by atoms with E-state index in [1.54, 1.807) is 6.92 Å². The van der Waals surface area contributed by atoms with E-state index in [4.69, 9.17) is 9.88 Å². The lowest BCUT2D eigenvalue weighted by Gasteiger charge is -2.17. The number of carbonyl (C=O) groups is 1. The summed E-state index contributed by atoms with van der Waals surface area (Å²) in [5, 5.41) is 7.73. The van der Waals surface area contributed by atoms with Gasteiger partial charge in [0, 0.05) is 5.69 Å². The highest BCUT2D eigenvalue weighted by Gasteiger charge is 2.16. The smallest absolute Gasteiger partial charge is 0.265 e. The molecule has 1 amide bonds. The SMILES string of the molecule is Cc1cc(OC(C)C(=O)Nc2ccc(S(N)(=O)=O)cc2)ccc1C(C)C. The molecule has 0 bridgehead atoms. The molecule has 0 saturated carbocycles. The normalized spacial score (nSPS) is 12.7. The monoisotopic (exact) mass is 376 g/mol. The number of primary sulfonamides is 1. The lowest BCUT2D eigenvalue weighted by atomic mass is 9.98. The number of nitrogens with two attached hydrogens (primary N) is 1. The number of amides is 1. The van der Waals surface area contributed by atoms with E-state index in [0.29, 0.717) is 17.4 Å². The molecule has 6 nitrogen and oxygen atoms in total. The lowest BCUT2D eigenvalue weighted by Crippen LogP contribution is -2.30. The Morgan fingerprint density at radius 3 is 2.19 bits per heavy atom. The molecule has 140 valence electrons. The summed E-state index contributed by atoms with van der Waals surface area (Å²) in [5.41, 5.74) is 2.82. The fraction of sp³-hybridized carbons (Fsp3) is 0.316. The third-order valence-electron chi connectivity index (χ3n) is 4.00. The van der Waals surface area contributed by atoms with Crippen molar-refractivity contribution in [3.8, 4) is 5.75 Å². The van der Waals surface area contributed by atoms with E-state index >= 15 is 0 Å². The molecule has 0 heterocycles. The van der Waals surface area contributed by atoms with Crippen molar-refractivity contribution in [2.24, 2.45) is 5.14 Å². The summed E-state index contributed by atoms with van der Waals surface area (Å²) in [4.78, 5) is 12.3. The molecule has 0 aliphatic rings. The van der Waals surface area contributed by atoms with E-state index in [9.17, 15) is 13.2 Å². The molecule has 2 aromatic carbocycles. The van der Waals surface area contributed by atoms with E-state index < -0.39 is 16.1 Å². The number of hydrogen-bond acceptors (Lipinski definition) is 4. The van der Waals surface area contributed by atoms with Crippen molar-refractivity contribution in [2.75, 3.05) is 5.32 Å². The number of ether oxygens (including phenoxy) is 1. The van der Waals surface area contributed by atoms with Gasteiger partial charge in [0.2, 0.25) is 10.0 Å². The van der Waals surface area contributed by atoms with Gasteiger partial charge in [-0.15, -0.1) is 0 Å². The second-order valence-corrected chi connectivity index (χ2v) is 8.05. The second kappa shape index (κ2) is 7.88. The van der Waals surface area contributed by atoms with E-state index in [2.05, 4.69) is 19.2 Å². The molecule has 7 heteroatoms. The molecule has 26 heavy (non-hydrogen) atoms. The van der Waals surface area contributed by atoms with Crippen LogP contribution in [0.1, 0.15) is 37.8 Å². The molecule has 0 spiro atoms. The summed E-state index contributed by atoms with van der Waals surface area (Å²) < 4.78 is 28.2. The molecular formula is C19H24N2O4S. The van der Waals surface area contributed by atoms with Gasteiger partial charge in [-0.3, -0.25) is 4.79 Å². The first kappa shape index (κ1) is 19.9. The maximum absolute atomic E-state index is 12.3. The van der Waals surface area contributed by atoms with Crippen molar-refractivity contribution in [3.63, 3.8) is 0 Å². The van der Waals surface area contributed by atoms with Crippen LogP contribution in [-0.4, -0.2) is 20.4 Å². The average molecular weight is 376 g/mol. The summed E-state index contributed by atoms with van der Waals surface area (Å²) in [7, 11) is -3.76. The van der Waals surface area contributed by atoms with Gasteiger partial charge in [-0.2, -0.15) is 0 Å². The zero-order valence-corrected chi connectivity index (χ0v) is 16.1. The van der Waals surface area contributed by atoms with Crippen LogP contribution >= 0.6 is 0 Å². The van der Waals surface area contributed by atoms with Crippen LogP contribution < -0.4 is 15.2 Å². The molecular weight excluding hydrogens is 352 g/mol. The third kappa shape index (κ3) is 5.06. The van der Waals surface area contributed by atoms with Gasteiger partial charge < -0.3 is 10.1 Å². The van der Waals surface area contributed by atoms with Crippen LogP contribution in [0.2, 0.25) is 0 Å². The van der Waals surface area contributed by atoms with Crippen LogP contribution in [0, 0.1) is 6.92 Å². The number of nitrogens with one attached hydrogen (secondary N) is 1. The molecule has 0 aromatic heterocycles. The van der Waals surface area contributed by atoms with E-state index in [1.165, 1.54) is 29.8 Å². The van der Waals surface area contributed by atoms with Gasteiger partial charge in [0.25, 0.3) is 5.91 Å². The molecule has 0 fully saturated rings. The van der Waals surface area contributed by atoms with E-state index in [1.807, 2.05) is 25.1 Å². The number of carbonyl (C=O) groups excluding carboxylic acids is 1. The Morgan fingerprint density at radius 1 is 1.08 bits per heavy atom. The fourth-order valence-corrected chi connectivity index (χ4v) is 3.11. The zero-order valence-electron chi connectivity index (χ0n) is 15.3. The van der Waals surface area contributed by atoms with Crippen LogP contribution in [0.3, 0.4) is 0 Å². The fourth-order valence-electron chi connectivity index (χ4n) is 2.60. The van der Waals surface area contributed by atoms with Gasteiger partial charge >= 0.3 is 0 Å². The minimum absolute atomic E-state index is 0.0134. The second-order valence-electron chi connectivity index (χ2n) is 6.49. The number of anilines is 1. The Kier molecular flexibility index (Phi) is 6.05. The first-order valence-electron chi connectivity index (χ1n) is 8.29. The maximum Gasteiger partial charge on any atom is 0.265 e. The molecule has 1 unspecified atom stereocenters. The number of sulfonamides is 1. The topological polar surface area (TPSA) is 98.5 Å². The lowest BCUT2D eigenvalue weighted by molar-refractivity contribution is -0.122. The Balaban J connectivity index is 2.02. The van der Waals surface area contributed by atoms with Crippen molar-refractivity contribution in [1.82, 2.24) is 0 Å². The van der Waals surface area contributed by atoms with Crippen LogP contribution in [0.25, 0.3) is 0 Å². The van der Waals surface area contributed by atoms with Crippen molar-refractivity contribution in [2.45, 2.75) is 44.6 Å². The minimum atomic E-state index is -3.76. The summed E-state index contributed by atoms with van der Waals surface area (Å²) in [6.07, 6.45) is -0.711. The summed E-state index contributed by atoms with van der Waals surface area (Å²) in [6.45, 7) is 7.92. The highest BCUT2D eigenvalue weighted by Crippen LogP contribution is 2.24. The predicted octanol–water partition coefficient (Wildman–Crippen LogP) is 3.17. The Bertz CT molecular complexity index is 890. The standard InChI is InChI=1S/C19H24N2O4S/c1-12(2)18-10-7-16(11-13(18)3)25-14(4)19(22)21-15-5-8-17(9-6-15)26(20,23)24/h5-12,14H,1-4H3,(H,21,22)(H2,20,23,24). The molecule has 1 atom stereocenters. The highest BCUT2D eigenvalue weighted by molar-refractivity contribution is 7.89. The molecule has 0 aliphatic heterocycles. The van der Waals surface area contributed by atoms with Crippen LogP contribution in [-0.2, 0) is 14.8 Å². The van der Waals surface area contributed by atoms with Gasteiger partial charge in [0.05, 0.1) is 4.90 Å². The Hall–Kier alpha value is -2.38. The minimum Gasteiger partial charge on any atom is -0.481 e. The molecule has 2 aromatic rings. The zero-order chi connectivity index (χ0) is 19.5. The van der Waals surface area contributed by atoms with Gasteiger partial charge in [-0.05, 0) is 67.3 Å². The molecule has 0 radical (unpaired) electrons. The molecule has 0 aliphatic carbocycles. The average Bonchev–Trinajstić information content (AvgIpc) is 2.54. The van der Waals surface area contributed by atoms with Gasteiger partial charge in [0.15, 0.2) is 6.10 Å². The van der Waals surface area contributed by atoms with Gasteiger partial charge in [-0.25, -0.2) is 13.6 Å².